The van der Waals surface area contributed by atoms with Gasteiger partial charge in [-0.25, -0.2) is 0 Å². The number of benzene rings is 1. The molecule has 1 rings (SSSR count). The van der Waals surface area contributed by atoms with Crippen LogP contribution in [0.5, 0.6) is 0 Å². The number of nitrogens with zero attached hydrogens (tertiary/aromatic N) is 1. The molecule has 0 saturated heterocycles. The summed E-state index contributed by atoms with van der Waals surface area (Å²) in [7, 11) is 1.71. The maximum absolute atomic E-state index is 11.9. The second kappa shape index (κ2) is 15.2. The molecule has 1 aromatic rings. The van der Waals surface area contributed by atoms with Crippen LogP contribution in [0.3, 0.4) is 0 Å². The molecule has 0 unspecified atom stereocenters. The summed E-state index contributed by atoms with van der Waals surface area (Å²) in [6, 6.07) is 7.50. The van der Waals surface area contributed by atoms with Crippen LogP contribution in [-0.2, 0) is 9.53 Å². The molecule has 0 aliphatic heterocycles. The molecule has 0 aliphatic carbocycles. The van der Waals surface area contributed by atoms with Crippen LogP contribution in [0.1, 0.15) is 26.7 Å². The van der Waals surface area contributed by atoms with E-state index in [1.54, 1.807) is 7.05 Å². The van der Waals surface area contributed by atoms with E-state index < -0.39 is 0 Å². The van der Waals surface area contributed by atoms with Crippen molar-refractivity contribution in [2.45, 2.75) is 26.7 Å². The third-order valence-corrected chi connectivity index (χ3v) is 3.73. The van der Waals surface area contributed by atoms with Gasteiger partial charge in [0, 0.05) is 49.9 Å². The Morgan fingerprint density at radius 3 is 2.46 bits per heavy atom. The van der Waals surface area contributed by atoms with Crippen molar-refractivity contribution in [2.75, 3.05) is 38.7 Å². The summed E-state index contributed by atoms with van der Waals surface area (Å²) in [6.45, 7) is 7.10. The monoisotopic (exact) mass is 540 g/mol. The lowest BCUT2D eigenvalue weighted by molar-refractivity contribution is -0.116. The van der Waals surface area contributed by atoms with E-state index in [4.69, 9.17) is 4.74 Å². The minimum Gasteiger partial charge on any atom is -0.381 e. The van der Waals surface area contributed by atoms with Gasteiger partial charge < -0.3 is 20.7 Å². The highest BCUT2D eigenvalue weighted by atomic mass is 127. The minimum atomic E-state index is -0.0349. The summed E-state index contributed by atoms with van der Waals surface area (Å²) in [5.41, 5.74) is 0.789. The molecule has 0 fully saturated rings. The lowest BCUT2D eigenvalue weighted by atomic mass is 10.2. The number of carbonyl (C=O) groups excluding carboxylic acids is 1. The van der Waals surface area contributed by atoms with Crippen LogP contribution >= 0.6 is 39.9 Å². The lowest BCUT2D eigenvalue weighted by Gasteiger charge is -2.12. The highest BCUT2D eigenvalue weighted by Crippen LogP contribution is 2.14. The number of anilines is 1. The summed E-state index contributed by atoms with van der Waals surface area (Å²) >= 11 is 3.37. The standard InChI is InChI=1S/C18H29BrN4O2.HI/c1-14(2)13-25-12-4-10-21-18(20-3)22-11-9-17(24)23-16-7-5-15(19)6-8-16;/h5-8,14H,4,9-13H2,1-3H3,(H,23,24)(H2,20,21,22);1H. The number of amides is 1. The maximum Gasteiger partial charge on any atom is 0.226 e. The fourth-order valence-corrected chi connectivity index (χ4v) is 2.24. The van der Waals surface area contributed by atoms with Gasteiger partial charge in [-0.3, -0.25) is 9.79 Å². The van der Waals surface area contributed by atoms with Gasteiger partial charge in [-0.05, 0) is 36.6 Å². The van der Waals surface area contributed by atoms with Crippen LogP contribution < -0.4 is 16.0 Å². The van der Waals surface area contributed by atoms with E-state index in [0.717, 1.165) is 36.3 Å². The van der Waals surface area contributed by atoms with Gasteiger partial charge in [0.2, 0.25) is 5.91 Å². The Balaban J connectivity index is 0.00000625. The van der Waals surface area contributed by atoms with Crippen molar-refractivity contribution >= 4 is 57.5 Å². The van der Waals surface area contributed by atoms with Gasteiger partial charge in [-0.1, -0.05) is 29.8 Å². The van der Waals surface area contributed by atoms with Crippen molar-refractivity contribution < 1.29 is 9.53 Å². The molecule has 0 bridgehead atoms. The first-order valence-electron chi connectivity index (χ1n) is 8.59. The smallest absolute Gasteiger partial charge is 0.226 e. The number of guanidine groups is 1. The number of hydrogen-bond acceptors (Lipinski definition) is 3. The van der Waals surface area contributed by atoms with E-state index in [2.05, 4.69) is 50.7 Å². The number of ether oxygens (including phenoxy) is 1. The van der Waals surface area contributed by atoms with Crippen LogP contribution in [0.4, 0.5) is 5.69 Å². The van der Waals surface area contributed by atoms with E-state index in [9.17, 15) is 4.79 Å². The fraction of sp³-hybridized carbons (Fsp3) is 0.556. The molecule has 0 aromatic heterocycles. The molecular weight excluding hydrogens is 511 g/mol. The summed E-state index contributed by atoms with van der Waals surface area (Å²) in [6.07, 6.45) is 1.28. The molecule has 3 N–H and O–H groups in total. The Bertz CT molecular complexity index is 538. The molecule has 148 valence electrons. The predicted molar refractivity (Wildman–Crippen MR) is 122 cm³/mol. The highest BCUT2D eigenvalue weighted by molar-refractivity contribution is 14.0. The zero-order chi connectivity index (χ0) is 18.5. The molecule has 6 nitrogen and oxygen atoms in total. The zero-order valence-corrected chi connectivity index (χ0v) is 19.6. The number of aliphatic imine (C=N–C) groups is 1. The molecule has 0 radical (unpaired) electrons. The van der Waals surface area contributed by atoms with Crippen molar-refractivity contribution in [3.63, 3.8) is 0 Å². The van der Waals surface area contributed by atoms with E-state index in [0.29, 0.717) is 24.8 Å². The maximum atomic E-state index is 11.9. The van der Waals surface area contributed by atoms with Crippen molar-refractivity contribution in [2.24, 2.45) is 10.9 Å². The molecule has 1 amide bonds. The normalized spacial score (nSPS) is 11.0. The van der Waals surface area contributed by atoms with Gasteiger partial charge in [0.05, 0.1) is 0 Å². The van der Waals surface area contributed by atoms with E-state index in [1.807, 2.05) is 24.3 Å². The lowest BCUT2D eigenvalue weighted by Crippen LogP contribution is -2.39. The molecule has 8 heteroatoms. The van der Waals surface area contributed by atoms with Gasteiger partial charge in [0.25, 0.3) is 0 Å². The highest BCUT2D eigenvalue weighted by Gasteiger charge is 2.03. The molecule has 0 aliphatic rings. The van der Waals surface area contributed by atoms with Crippen molar-refractivity contribution in [3.05, 3.63) is 28.7 Å². The number of carbonyl (C=O) groups is 1. The first-order valence-corrected chi connectivity index (χ1v) is 9.38. The first kappa shape index (κ1) is 25.1. The number of halogens is 2. The zero-order valence-electron chi connectivity index (χ0n) is 15.7. The van der Waals surface area contributed by atoms with Gasteiger partial charge in [-0.15, -0.1) is 24.0 Å². The Hall–Kier alpha value is -0.870. The number of nitrogens with one attached hydrogen (secondary N) is 3. The Kier molecular flexibility index (Phi) is 14.7. The fourth-order valence-electron chi connectivity index (χ4n) is 1.97. The van der Waals surface area contributed by atoms with Crippen molar-refractivity contribution in [1.29, 1.82) is 0 Å². The van der Waals surface area contributed by atoms with Crippen LogP contribution in [-0.4, -0.2) is 45.2 Å². The average molecular weight is 541 g/mol. The molecule has 0 heterocycles. The van der Waals surface area contributed by atoms with Gasteiger partial charge >= 0.3 is 0 Å². The van der Waals surface area contributed by atoms with Gasteiger partial charge in [0.1, 0.15) is 0 Å². The second-order valence-corrected chi connectivity index (χ2v) is 6.97. The average Bonchev–Trinajstić information content (AvgIpc) is 2.58. The second-order valence-electron chi connectivity index (χ2n) is 6.05. The van der Waals surface area contributed by atoms with Crippen LogP contribution in [0.25, 0.3) is 0 Å². The van der Waals surface area contributed by atoms with E-state index in [-0.39, 0.29) is 29.9 Å². The van der Waals surface area contributed by atoms with E-state index in [1.165, 1.54) is 0 Å². The van der Waals surface area contributed by atoms with Crippen molar-refractivity contribution in [1.82, 2.24) is 10.6 Å². The summed E-state index contributed by atoms with van der Waals surface area (Å²) in [5, 5.41) is 9.20. The number of rotatable bonds is 10. The molecule has 0 saturated carbocycles. The topological polar surface area (TPSA) is 74.8 Å². The van der Waals surface area contributed by atoms with Gasteiger partial charge in [-0.2, -0.15) is 0 Å². The number of hydrogen-bond donors (Lipinski definition) is 3. The van der Waals surface area contributed by atoms with Crippen LogP contribution in [0.2, 0.25) is 0 Å². The molecular formula is C18H30BrIN4O2. The predicted octanol–water partition coefficient (Wildman–Crippen LogP) is 3.62. The Morgan fingerprint density at radius 1 is 1.19 bits per heavy atom. The SMILES string of the molecule is CN=C(NCCCOCC(C)C)NCCC(=O)Nc1ccc(Br)cc1.I. The summed E-state index contributed by atoms with van der Waals surface area (Å²) < 4.78 is 6.51. The Morgan fingerprint density at radius 2 is 1.85 bits per heavy atom. The Labute approximate surface area is 182 Å². The quantitative estimate of drug-likeness (QED) is 0.183. The van der Waals surface area contributed by atoms with Gasteiger partial charge in [0.15, 0.2) is 5.96 Å². The van der Waals surface area contributed by atoms with E-state index >= 15 is 0 Å². The van der Waals surface area contributed by atoms with Crippen molar-refractivity contribution in [3.8, 4) is 0 Å². The minimum absolute atomic E-state index is 0. The molecule has 0 spiro atoms. The summed E-state index contributed by atoms with van der Waals surface area (Å²) in [5.74, 6) is 1.22. The first-order chi connectivity index (χ1) is 12.0. The summed E-state index contributed by atoms with van der Waals surface area (Å²) in [4.78, 5) is 16.1. The molecule has 26 heavy (non-hydrogen) atoms. The largest absolute Gasteiger partial charge is 0.381 e. The molecule has 1 aromatic carbocycles. The molecule has 0 atom stereocenters. The van der Waals surface area contributed by atoms with Crippen LogP contribution in [0.15, 0.2) is 33.7 Å². The van der Waals surface area contributed by atoms with Crippen LogP contribution in [0, 0.1) is 5.92 Å². The third-order valence-electron chi connectivity index (χ3n) is 3.21. The third kappa shape index (κ3) is 12.5.